The number of benzene rings is 1. The third-order valence-electron chi connectivity index (χ3n) is 7.62. The van der Waals surface area contributed by atoms with E-state index in [2.05, 4.69) is 27.0 Å². The van der Waals surface area contributed by atoms with Crippen molar-refractivity contribution in [1.29, 1.82) is 0 Å². The number of carbonyl (C=O) groups is 2. The number of carbonyl (C=O) groups excluding carboxylic acids is 2. The molecule has 9 heteroatoms. The molecule has 0 radical (unpaired) electrons. The normalized spacial score (nSPS) is 18.3. The molecule has 0 spiro atoms. The summed E-state index contributed by atoms with van der Waals surface area (Å²) in [6.07, 6.45) is 6.23. The summed E-state index contributed by atoms with van der Waals surface area (Å²) in [5, 5.41) is 4.32. The van der Waals surface area contributed by atoms with Crippen LogP contribution in [0.5, 0.6) is 0 Å². The van der Waals surface area contributed by atoms with Gasteiger partial charge in [-0.25, -0.2) is 9.97 Å². The summed E-state index contributed by atoms with van der Waals surface area (Å²) in [5.41, 5.74) is 9.68. The Balaban J connectivity index is 1.48. The molecule has 6 rings (SSSR count). The predicted molar refractivity (Wildman–Crippen MR) is 139 cm³/mol. The van der Waals surface area contributed by atoms with E-state index in [0.29, 0.717) is 41.2 Å². The number of pyridine rings is 1. The van der Waals surface area contributed by atoms with E-state index in [1.165, 1.54) is 12.8 Å². The van der Waals surface area contributed by atoms with Crippen molar-refractivity contribution in [1.82, 2.24) is 29.3 Å². The molecule has 3 N–H and O–H groups in total. The Hall–Kier alpha value is -3.72. The highest BCUT2D eigenvalue weighted by Gasteiger charge is 2.28. The molecule has 2 fully saturated rings. The van der Waals surface area contributed by atoms with Crippen LogP contribution in [0.1, 0.15) is 46.4 Å². The van der Waals surface area contributed by atoms with Gasteiger partial charge in [0.1, 0.15) is 5.65 Å². The summed E-state index contributed by atoms with van der Waals surface area (Å²) in [4.78, 5) is 37.4. The maximum Gasteiger partial charge on any atom is 0.254 e. The van der Waals surface area contributed by atoms with E-state index in [-0.39, 0.29) is 11.9 Å². The molecule has 0 bridgehead atoms. The Kier molecular flexibility index (Phi) is 5.52. The molecule has 1 saturated carbocycles. The molecule has 1 aromatic carbocycles. The van der Waals surface area contributed by atoms with Gasteiger partial charge in [-0.3, -0.25) is 9.59 Å². The van der Waals surface area contributed by atoms with Crippen LogP contribution < -0.4 is 11.1 Å². The number of aromatic nitrogens is 4. The number of amides is 2. The number of likely N-dealkylation sites (tertiary alicyclic amines) is 1. The Morgan fingerprint density at radius 2 is 2.03 bits per heavy atom. The standard InChI is InChI=1S/C27H31N7O2/c1-29-19-6-4-10-33(15-19)27(36)18-11-20(24(28)35)23-21(12-18)31-26(32(23)2)22-13-17-5-3-9-30-25(17)34(22)14-16-7-8-16/h3,5,9,11-13,16,19,29H,4,6-8,10,14-15H2,1-2H3,(H2,28,35)/t19-/m1/s1. The van der Waals surface area contributed by atoms with Crippen molar-refractivity contribution in [2.45, 2.75) is 38.3 Å². The molecule has 4 aromatic rings. The summed E-state index contributed by atoms with van der Waals surface area (Å²) in [6.45, 7) is 2.22. The Labute approximate surface area is 209 Å². The number of hydrogen-bond acceptors (Lipinski definition) is 5. The molecule has 1 aliphatic carbocycles. The highest BCUT2D eigenvalue weighted by molar-refractivity contribution is 6.09. The van der Waals surface area contributed by atoms with Crippen molar-refractivity contribution >= 4 is 33.9 Å². The molecule has 9 nitrogen and oxygen atoms in total. The molecule has 186 valence electrons. The molecule has 3 aromatic heterocycles. The van der Waals surface area contributed by atoms with E-state index in [9.17, 15) is 9.59 Å². The van der Waals surface area contributed by atoms with Gasteiger partial charge in [0.05, 0.1) is 22.3 Å². The maximum atomic E-state index is 13.4. The van der Waals surface area contributed by atoms with Crippen LogP contribution in [-0.2, 0) is 13.6 Å². The fourth-order valence-electron chi connectivity index (χ4n) is 5.49. The van der Waals surface area contributed by atoms with Gasteiger partial charge in [0, 0.05) is 49.9 Å². The van der Waals surface area contributed by atoms with E-state index in [1.807, 2.05) is 35.8 Å². The molecular weight excluding hydrogens is 454 g/mol. The lowest BCUT2D eigenvalue weighted by Gasteiger charge is -2.32. The van der Waals surface area contributed by atoms with Crippen LogP contribution in [-0.4, -0.2) is 62.0 Å². The van der Waals surface area contributed by atoms with Gasteiger partial charge in [0.2, 0.25) is 0 Å². The maximum absolute atomic E-state index is 13.4. The number of fused-ring (bicyclic) bond motifs is 2. The molecule has 0 unspecified atom stereocenters. The van der Waals surface area contributed by atoms with E-state index in [1.54, 1.807) is 12.1 Å². The van der Waals surface area contributed by atoms with Crippen molar-refractivity contribution < 1.29 is 9.59 Å². The average Bonchev–Trinajstić information content (AvgIpc) is 3.56. The Bertz CT molecular complexity index is 1500. The fraction of sp³-hybridized carbons (Fsp3) is 0.407. The summed E-state index contributed by atoms with van der Waals surface area (Å²) in [5.74, 6) is 0.700. The topological polar surface area (TPSA) is 111 Å². The van der Waals surface area contributed by atoms with Gasteiger partial charge in [0.25, 0.3) is 11.8 Å². The van der Waals surface area contributed by atoms with E-state index in [0.717, 1.165) is 41.9 Å². The molecule has 2 aliphatic rings. The first kappa shape index (κ1) is 22.7. The van der Waals surface area contributed by atoms with Crippen LogP contribution in [0.3, 0.4) is 0 Å². The number of primary amides is 1. The monoisotopic (exact) mass is 485 g/mol. The number of likely N-dealkylation sites (N-methyl/N-ethyl adjacent to an activating group) is 1. The summed E-state index contributed by atoms with van der Waals surface area (Å²) < 4.78 is 4.15. The second-order valence-electron chi connectivity index (χ2n) is 10.1. The summed E-state index contributed by atoms with van der Waals surface area (Å²) >= 11 is 0. The minimum atomic E-state index is -0.573. The van der Waals surface area contributed by atoms with Crippen LogP contribution in [0.4, 0.5) is 0 Å². The number of nitrogens with zero attached hydrogens (tertiary/aromatic N) is 5. The van der Waals surface area contributed by atoms with E-state index in [4.69, 9.17) is 10.7 Å². The zero-order chi connectivity index (χ0) is 25.0. The average molecular weight is 486 g/mol. The third kappa shape index (κ3) is 3.83. The van der Waals surface area contributed by atoms with Crippen LogP contribution in [0.2, 0.25) is 0 Å². The minimum Gasteiger partial charge on any atom is -0.366 e. The van der Waals surface area contributed by atoms with Gasteiger partial charge in [-0.1, -0.05) is 0 Å². The largest absolute Gasteiger partial charge is 0.366 e. The SMILES string of the molecule is CN[C@@H]1CCCN(C(=O)c2cc(C(N)=O)c3c(c2)nc(-c2cc4cccnc4n2CC2CC2)n3C)C1. The van der Waals surface area contributed by atoms with Crippen molar-refractivity contribution in [2.24, 2.45) is 18.7 Å². The number of hydrogen-bond donors (Lipinski definition) is 2. The molecule has 36 heavy (non-hydrogen) atoms. The van der Waals surface area contributed by atoms with Crippen LogP contribution in [0, 0.1) is 5.92 Å². The van der Waals surface area contributed by atoms with Crippen LogP contribution in [0.15, 0.2) is 36.5 Å². The predicted octanol–water partition coefficient (Wildman–Crippen LogP) is 2.92. The van der Waals surface area contributed by atoms with Crippen molar-refractivity contribution in [3.05, 3.63) is 47.7 Å². The first-order valence-electron chi connectivity index (χ1n) is 12.7. The van der Waals surface area contributed by atoms with Gasteiger partial charge in [-0.05, 0) is 69.0 Å². The van der Waals surface area contributed by atoms with Gasteiger partial charge in [-0.2, -0.15) is 0 Å². The number of aryl methyl sites for hydroxylation is 1. The summed E-state index contributed by atoms with van der Waals surface area (Å²) in [7, 11) is 3.82. The first-order valence-corrected chi connectivity index (χ1v) is 12.7. The molecule has 2 amide bonds. The van der Waals surface area contributed by atoms with Crippen LogP contribution in [0.25, 0.3) is 33.6 Å². The Morgan fingerprint density at radius 3 is 2.78 bits per heavy atom. The number of imidazole rings is 1. The zero-order valence-electron chi connectivity index (χ0n) is 20.7. The molecule has 1 saturated heterocycles. The fourth-order valence-corrected chi connectivity index (χ4v) is 5.49. The zero-order valence-corrected chi connectivity index (χ0v) is 20.7. The number of rotatable bonds is 6. The first-order chi connectivity index (χ1) is 17.4. The quantitative estimate of drug-likeness (QED) is 0.436. The van der Waals surface area contributed by atoms with Crippen molar-refractivity contribution in [2.75, 3.05) is 20.1 Å². The van der Waals surface area contributed by atoms with Gasteiger partial charge >= 0.3 is 0 Å². The molecular formula is C27H31N7O2. The van der Waals surface area contributed by atoms with Gasteiger partial charge < -0.3 is 25.1 Å². The molecule has 1 aliphatic heterocycles. The minimum absolute atomic E-state index is 0.0985. The lowest BCUT2D eigenvalue weighted by atomic mass is 10.0. The number of piperidine rings is 1. The molecule has 1 atom stereocenters. The van der Waals surface area contributed by atoms with Crippen LogP contribution >= 0.6 is 0 Å². The lowest BCUT2D eigenvalue weighted by molar-refractivity contribution is 0.0698. The van der Waals surface area contributed by atoms with Crippen molar-refractivity contribution in [3.8, 4) is 11.5 Å². The number of nitrogens with two attached hydrogens (primary N) is 1. The highest BCUT2D eigenvalue weighted by Crippen LogP contribution is 2.36. The van der Waals surface area contributed by atoms with E-state index >= 15 is 0 Å². The smallest absolute Gasteiger partial charge is 0.254 e. The second kappa shape index (κ2) is 8.74. The third-order valence-corrected chi connectivity index (χ3v) is 7.62. The summed E-state index contributed by atoms with van der Waals surface area (Å²) in [6, 6.07) is 9.79. The lowest BCUT2D eigenvalue weighted by Crippen LogP contribution is -2.47. The highest BCUT2D eigenvalue weighted by atomic mass is 16.2. The Morgan fingerprint density at radius 1 is 1.19 bits per heavy atom. The second-order valence-corrected chi connectivity index (χ2v) is 10.1. The van der Waals surface area contributed by atoms with Gasteiger partial charge in [0.15, 0.2) is 5.82 Å². The van der Waals surface area contributed by atoms with Crippen molar-refractivity contribution in [3.63, 3.8) is 0 Å². The van der Waals surface area contributed by atoms with Gasteiger partial charge in [-0.15, -0.1) is 0 Å². The number of nitrogens with one attached hydrogen (secondary N) is 1. The van der Waals surface area contributed by atoms with E-state index < -0.39 is 5.91 Å². The molecule has 4 heterocycles.